The number of aryl methyl sites for hydroxylation is 2. The molecule has 0 aliphatic carbocycles. The van der Waals surface area contributed by atoms with Gasteiger partial charge in [-0.1, -0.05) is 0 Å². The highest BCUT2D eigenvalue weighted by Gasteiger charge is 2.38. The van der Waals surface area contributed by atoms with Crippen LogP contribution in [0.15, 0.2) is 6.20 Å². The molecule has 0 bridgehead atoms. The quantitative estimate of drug-likeness (QED) is 0.821. The van der Waals surface area contributed by atoms with Gasteiger partial charge < -0.3 is 14.5 Å². The Morgan fingerprint density at radius 3 is 2.70 bits per heavy atom. The van der Waals surface area contributed by atoms with Gasteiger partial charge in [0.2, 0.25) is 5.91 Å². The fourth-order valence-corrected chi connectivity index (χ4v) is 3.31. The van der Waals surface area contributed by atoms with Gasteiger partial charge in [0, 0.05) is 32.4 Å². The minimum atomic E-state index is -0.343. The molecule has 2 aliphatic rings. The summed E-state index contributed by atoms with van der Waals surface area (Å²) in [6.07, 6.45) is 3.39. The molecule has 126 valence electrons. The molecule has 3 heterocycles. The van der Waals surface area contributed by atoms with E-state index in [1.807, 2.05) is 18.7 Å². The largest absolute Gasteiger partial charge is 0.378 e. The van der Waals surface area contributed by atoms with Crippen LogP contribution in [0, 0.1) is 6.92 Å². The van der Waals surface area contributed by atoms with Gasteiger partial charge in [-0.15, -0.1) is 0 Å². The Balaban J connectivity index is 1.76. The summed E-state index contributed by atoms with van der Waals surface area (Å²) in [5.74, 6) is -0.0222. The van der Waals surface area contributed by atoms with Gasteiger partial charge in [0.15, 0.2) is 0 Å². The molecule has 0 aromatic carbocycles. The van der Waals surface area contributed by atoms with Crippen LogP contribution >= 0.6 is 0 Å². The number of aromatic nitrogens is 2. The molecular formula is C16H24N4O3. The summed E-state index contributed by atoms with van der Waals surface area (Å²) in [5.41, 5.74) is 1.33. The van der Waals surface area contributed by atoms with Gasteiger partial charge in [-0.05, 0) is 26.7 Å². The summed E-state index contributed by atoms with van der Waals surface area (Å²) in [5, 5.41) is 4.34. The van der Waals surface area contributed by atoms with Crippen LogP contribution in [0.1, 0.15) is 35.8 Å². The number of likely N-dealkylation sites (tertiary alicyclic amines) is 1. The van der Waals surface area contributed by atoms with Crippen molar-refractivity contribution < 1.29 is 14.3 Å². The molecule has 1 aromatic heterocycles. The fourth-order valence-electron chi connectivity index (χ4n) is 3.31. The average Bonchev–Trinajstić information content (AvgIpc) is 3.21. The molecule has 2 aliphatic heterocycles. The Kier molecular flexibility index (Phi) is 4.66. The topological polar surface area (TPSA) is 67.7 Å². The van der Waals surface area contributed by atoms with Crippen molar-refractivity contribution in [2.24, 2.45) is 0 Å². The van der Waals surface area contributed by atoms with E-state index < -0.39 is 0 Å². The maximum atomic E-state index is 12.9. The molecule has 3 rings (SSSR count). The lowest BCUT2D eigenvalue weighted by molar-refractivity contribution is -0.139. The second-order valence-electron chi connectivity index (χ2n) is 6.08. The minimum absolute atomic E-state index is 0.0553. The molecule has 7 heteroatoms. The third-order valence-electron chi connectivity index (χ3n) is 4.62. The van der Waals surface area contributed by atoms with E-state index in [2.05, 4.69) is 5.10 Å². The van der Waals surface area contributed by atoms with E-state index >= 15 is 0 Å². The van der Waals surface area contributed by atoms with Crippen LogP contribution in [-0.2, 0) is 16.1 Å². The molecule has 0 unspecified atom stereocenters. The first-order valence-corrected chi connectivity index (χ1v) is 8.33. The van der Waals surface area contributed by atoms with E-state index in [1.54, 1.807) is 15.8 Å². The summed E-state index contributed by atoms with van der Waals surface area (Å²) < 4.78 is 7.06. The summed E-state index contributed by atoms with van der Waals surface area (Å²) >= 11 is 0. The number of morpholine rings is 1. The molecule has 23 heavy (non-hydrogen) atoms. The molecule has 0 saturated carbocycles. The Hall–Kier alpha value is -1.89. The second kappa shape index (κ2) is 6.70. The molecule has 1 aromatic rings. The Morgan fingerprint density at radius 1 is 1.30 bits per heavy atom. The van der Waals surface area contributed by atoms with Crippen LogP contribution < -0.4 is 0 Å². The van der Waals surface area contributed by atoms with Gasteiger partial charge in [0.1, 0.15) is 6.04 Å². The van der Waals surface area contributed by atoms with E-state index in [-0.39, 0.29) is 17.9 Å². The van der Waals surface area contributed by atoms with Crippen LogP contribution in [0.2, 0.25) is 0 Å². The smallest absolute Gasteiger partial charge is 0.258 e. The van der Waals surface area contributed by atoms with Crippen LogP contribution in [0.25, 0.3) is 0 Å². The first-order chi connectivity index (χ1) is 11.1. The summed E-state index contributed by atoms with van der Waals surface area (Å²) in [6.45, 7) is 7.58. The van der Waals surface area contributed by atoms with Crippen LogP contribution in [0.4, 0.5) is 0 Å². The molecule has 0 spiro atoms. The van der Waals surface area contributed by atoms with E-state index in [1.165, 1.54) is 0 Å². The van der Waals surface area contributed by atoms with Gasteiger partial charge in [-0.2, -0.15) is 5.10 Å². The third-order valence-corrected chi connectivity index (χ3v) is 4.62. The number of hydrogen-bond donors (Lipinski definition) is 0. The first-order valence-electron chi connectivity index (χ1n) is 8.33. The Morgan fingerprint density at radius 2 is 2.04 bits per heavy atom. The molecule has 2 fully saturated rings. The van der Waals surface area contributed by atoms with Crippen LogP contribution in [0.3, 0.4) is 0 Å². The van der Waals surface area contributed by atoms with E-state index in [0.29, 0.717) is 38.4 Å². The van der Waals surface area contributed by atoms with Gasteiger partial charge in [0.25, 0.3) is 5.91 Å². The maximum Gasteiger partial charge on any atom is 0.258 e. The van der Waals surface area contributed by atoms with E-state index in [9.17, 15) is 9.59 Å². The van der Waals surface area contributed by atoms with Crippen molar-refractivity contribution in [3.05, 3.63) is 17.5 Å². The maximum absolute atomic E-state index is 12.9. The number of ether oxygens (including phenoxy) is 1. The zero-order chi connectivity index (χ0) is 16.4. The molecule has 2 saturated heterocycles. The number of carbonyl (C=O) groups excluding carboxylic acids is 2. The van der Waals surface area contributed by atoms with E-state index in [4.69, 9.17) is 4.74 Å². The predicted octanol–water partition coefficient (Wildman–Crippen LogP) is 0.675. The molecule has 0 radical (unpaired) electrons. The monoisotopic (exact) mass is 320 g/mol. The van der Waals surface area contributed by atoms with Crippen molar-refractivity contribution in [1.82, 2.24) is 19.6 Å². The SMILES string of the molecule is CCn1cc(C(=O)N2CCC[C@H]2C(=O)N2CCOCC2)c(C)n1. The van der Waals surface area contributed by atoms with Crippen molar-refractivity contribution in [2.45, 2.75) is 39.3 Å². The molecule has 1 atom stereocenters. The highest BCUT2D eigenvalue weighted by Crippen LogP contribution is 2.23. The Labute approximate surface area is 136 Å². The summed E-state index contributed by atoms with van der Waals surface area (Å²) in [7, 11) is 0. The molecule has 7 nitrogen and oxygen atoms in total. The molecule has 2 amide bonds. The van der Waals surface area contributed by atoms with Crippen molar-refractivity contribution in [3.8, 4) is 0 Å². The van der Waals surface area contributed by atoms with Gasteiger partial charge in [-0.3, -0.25) is 14.3 Å². The zero-order valence-electron chi connectivity index (χ0n) is 13.8. The molecule has 0 N–H and O–H groups in total. The number of rotatable bonds is 3. The van der Waals surface area contributed by atoms with Crippen LogP contribution in [-0.4, -0.2) is 70.3 Å². The van der Waals surface area contributed by atoms with Crippen LogP contribution in [0.5, 0.6) is 0 Å². The number of hydrogen-bond acceptors (Lipinski definition) is 4. The summed E-state index contributed by atoms with van der Waals surface area (Å²) in [4.78, 5) is 29.2. The normalized spacial score (nSPS) is 21.7. The number of amides is 2. The van der Waals surface area contributed by atoms with Crippen molar-refractivity contribution in [3.63, 3.8) is 0 Å². The first kappa shape index (κ1) is 16.0. The number of nitrogens with zero attached hydrogens (tertiary/aromatic N) is 4. The summed E-state index contributed by atoms with van der Waals surface area (Å²) in [6, 6.07) is -0.343. The third kappa shape index (κ3) is 3.10. The number of carbonyl (C=O) groups is 2. The zero-order valence-corrected chi connectivity index (χ0v) is 13.8. The predicted molar refractivity (Wildman–Crippen MR) is 84.1 cm³/mol. The lowest BCUT2D eigenvalue weighted by Crippen LogP contribution is -2.51. The highest BCUT2D eigenvalue weighted by molar-refractivity contribution is 5.98. The van der Waals surface area contributed by atoms with Crippen molar-refractivity contribution >= 4 is 11.8 Å². The molecular weight excluding hydrogens is 296 g/mol. The van der Waals surface area contributed by atoms with Crippen molar-refractivity contribution in [2.75, 3.05) is 32.8 Å². The minimum Gasteiger partial charge on any atom is -0.378 e. The van der Waals surface area contributed by atoms with Gasteiger partial charge in [-0.25, -0.2) is 0 Å². The van der Waals surface area contributed by atoms with Gasteiger partial charge >= 0.3 is 0 Å². The fraction of sp³-hybridized carbons (Fsp3) is 0.688. The lowest BCUT2D eigenvalue weighted by atomic mass is 10.1. The van der Waals surface area contributed by atoms with Gasteiger partial charge in [0.05, 0.1) is 24.5 Å². The Bertz CT molecular complexity index is 592. The highest BCUT2D eigenvalue weighted by atomic mass is 16.5. The van der Waals surface area contributed by atoms with Crippen molar-refractivity contribution in [1.29, 1.82) is 0 Å². The average molecular weight is 320 g/mol. The second-order valence-corrected chi connectivity index (χ2v) is 6.08. The lowest BCUT2D eigenvalue weighted by Gasteiger charge is -2.32. The standard InChI is InChI=1S/C16H24N4O3/c1-3-19-11-13(12(2)17-19)15(21)20-6-4-5-14(20)16(22)18-7-9-23-10-8-18/h11,14H,3-10H2,1-2H3/t14-/m0/s1. The van der Waals surface area contributed by atoms with E-state index in [0.717, 1.165) is 25.1 Å².